The molecule has 3 aromatic rings. The van der Waals surface area contributed by atoms with Crippen molar-refractivity contribution in [3.8, 4) is 17.2 Å². The summed E-state index contributed by atoms with van der Waals surface area (Å²) in [6, 6.07) is 14.6. The van der Waals surface area contributed by atoms with Crippen LogP contribution in [0.1, 0.15) is 27.2 Å². The molecule has 0 unspecified atom stereocenters. The van der Waals surface area contributed by atoms with E-state index >= 15 is 0 Å². The maximum Gasteiger partial charge on any atom is 0.337 e. The lowest BCUT2D eigenvalue weighted by atomic mass is 10.1. The van der Waals surface area contributed by atoms with Gasteiger partial charge in [0.05, 0.1) is 37.6 Å². The summed E-state index contributed by atoms with van der Waals surface area (Å²) in [6.07, 6.45) is 3.02. The first-order valence-electron chi connectivity index (χ1n) is 9.69. The molecule has 0 bridgehead atoms. The van der Waals surface area contributed by atoms with E-state index in [1.807, 2.05) is 24.3 Å². The predicted octanol–water partition coefficient (Wildman–Crippen LogP) is 4.90. The molecule has 0 aliphatic rings. The maximum atomic E-state index is 11.6. The molecular formula is C24H24ClNO5. The second-order valence-corrected chi connectivity index (χ2v) is 7.17. The van der Waals surface area contributed by atoms with E-state index in [1.54, 1.807) is 44.7 Å². The lowest BCUT2D eigenvalue weighted by Gasteiger charge is -2.14. The molecule has 1 heterocycles. The number of benzene rings is 2. The van der Waals surface area contributed by atoms with Gasteiger partial charge in [-0.1, -0.05) is 23.7 Å². The van der Waals surface area contributed by atoms with Gasteiger partial charge >= 0.3 is 5.97 Å². The summed E-state index contributed by atoms with van der Waals surface area (Å²) in [5.74, 6) is 1.57. The van der Waals surface area contributed by atoms with Gasteiger partial charge in [0.1, 0.15) is 18.1 Å². The van der Waals surface area contributed by atoms with Crippen LogP contribution in [0.4, 0.5) is 0 Å². The van der Waals surface area contributed by atoms with Crippen LogP contribution in [0.15, 0.2) is 54.7 Å². The number of nitrogens with zero attached hydrogens (tertiary/aromatic N) is 1. The van der Waals surface area contributed by atoms with Gasteiger partial charge in [0.25, 0.3) is 0 Å². The highest BCUT2D eigenvalue weighted by atomic mass is 35.5. The van der Waals surface area contributed by atoms with E-state index in [0.29, 0.717) is 40.9 Å². The predicted molar refractivity (Wildman–Crippen MR) is 118 cm³/mol. The highest BCUT2D eigenvalue weighted by Gasteiger charge is 2.12. The molecule has 6 nitrogen and oxygen atoms in total. The molecule has 0 aliphatic heterocycles. The van der Waals surface area contributed by atoms with Gasteiger partial charge in [-0.15, -0.1) is 0 Å². The Kier molecular flexibility index (Phi) is 7.73. The number of hydrogen-bond acceptors (Lipinski definition) is 6. The fraction of sp³-hybridized carbons (Fsp3) is 0.250. The van der Waals surface area contributed by atoms with Gasteiger partial charge in [-0.05, 0) is 54.3 Å². The topological polar surface area (TPSA) is 66.9 Å². The Morgan fingerprint density at radius 1 is 0.903 bits per heavy atom. The summed E-state index contributed by atoms with van der Waals surface area (Å²) in [6.45, 7) is 0.291. The summed E-state index contributed by atoms with van der Waals surface area (Å²) < 4.78 is 21.4. The largest absolute Gasteiger partial charge is 0.497 e. The number of carbonyl (C=O) groups is 1. The van der Waals surface area contributed by atoms with E-state index in [2.05, 4.69) is 4.98 Å². The Labute approximate surface area is 186 Å². The van der Waals surface area contributed by atoms with Gasteiger partial charge in [0, 0.05) is 12.3 Å². The molecule has 0 fully saturated rings. The van der Waals surface area contributed by atoms with Crippen LogP contribution in [0, 0.1) is 0 Å². The van der Waals surface area contributed by atoms with Crippen molar-refractivity contribution in [3.05, 3.63) is 82.1 Å². The van der Waals surface area contributed by atoms with Gasteiger partial charge in [0.2, 0.25) is 0 Å². The van der Waals surface area contributed by atoms with Crippen molar-refractivity contribution in [1.82, 2.24) is 4.98 Å². The summed E-state index contributed by atoms with van der Waals surface area (Å²) in [5.41, 5.74) is 3.24. The average molecular weight is 442 g/mol. The first kappa shape index (κ1) is 22.4. The molecule has 0 radical (unpaired) electrons. The Hall–Kier alpha value is -3.25. The van der Waals surface area contributed by atoms with Crippen molar-refractivity contribution in [2.75, 3.05) is 21.3 Å². The first-order chi connectivity index (χ1) is 15.0. The number of carbonyl (C=O) groups excluding carboxylic acids is 1. The lowest BCUT2D eigenvalue weighted by molar-refractivity contribution is 0.0600. The van der Waals surface area contributed by atoms with Crippen LogP contribution in [0.5, 0.6) is 17.2 Å². The Morgan fingerprint density at radius 2 is 1.58 bits per heavy atom. The van der Waals surface area contributed by atoms with Gasteiger partial charge in [0.15, 0.2) is 5.75 Å². The standard InChI is InChI=1S/C24H24ClNO5/c1-28-19-12-17(13-20(14-19)29-2)15-31-23-21(25)10-11-26-22(23)9-6-16-4-7-18(8-5-16)24(27)30-3/h4-5,7-8,10-14H,6,9,15H2,1-3H3. The molecular weight excluding hydrogens is 418 g/mol. The van der Waals surface area contributed by atoms with E-state index < -0.39 is 0 Å². The van der Waals surface area contributed by atoms with Crippen LogP contribution in [0.25, 0.3) is 0 Å². The molecule has 0 atom stereocenters. The molecule has 0 saturated carbocycles. The van der Waals surface area contributed by atoms with Crippen molar-refractivity contribution in [3.63, 3.8) is 0 Å². The zero-order chi connectivity index (χ0) is 22.2. The fourth-order valence-electron chi connectivity index (χ4n) is 3.09. The number of pyridine rings is 1. The third-order valence-corrected chi connectivity index (χ3v) is 5.05. The fourth-order valence-corrected chi connectivity index (χ4v) is 3.31. The number of ether oxygens (including phenoxy) is 4. The zero-order valence-electron chi connectivity index (χ0n) is 17.7. The molecule has 0 aliphatic carbocycles. The summed E-state index contributed by atoms with van der Waals surface area (Å²) in [4.78, 5) is 16.0. The van der Waals surface area contributed by atoms with E-state index in [9.17, 15) is 4.79 Å². The lowest BCUT2D eigenvalue weighted by Crippen LogP contribution is -2.04. The monoisotopic (exact) mass is 441 g/mol. The summed E-state index contributed by atoms with van der Waals surface area (Å²) >= 11 is 6.40. The molecule has 1 aromatic heterocycles. The number of aromatic nitrogens is 1. The Balaban J connectivity index is 1.71. The molecule has 0 N–H and O–H groups in total. The average Bonchev–Trinajstić information content (AvgIpc) is 2.81. The van der Waals surface area contributed by atoms with Crippen molar-refractivity contribution in [2.24, 2.45) is 0 Å². The summed E-state index contributed by atoms with van der Waals surface area (Å²) in [7, 11) is 4.57. The second-order valence-electron chi connectivity index (χ2n) is 6.77. The van der Waals surface area contributed by atoms with E-state index in [0.717, 1.165) is 23.2 Å². The number of hydrogen-bond donors (Lipinski definition) is 0. The van der Waals surface area contributed by atoms with Crippen molar-refractivity contribution < 1.29 is 23.7 Å². The highest BCUT2D eigenvalue weighted by Crippen LogP contribution is 2.30. The van der Waals surface area contributed by atoms with Crippen LogP contribution < -0.4 is 14.2 Å². The molecule has 3 rings (SSSR count). The van der Waals surface area contributed by atoms with Gasteiger partial charge in [-0.3, -0.25) is 4.98 Å². The van der Waals surface area contributed by atoms with E-state index in [1.165, 1.54) is 7.11 Å². The normalized spacial score (nSPS) is 10.5. The highest BCUT2D eigenvalue weighted by molar-refractivity contribution is 6.32. The molecule has 0 saturated heterocycles. The zero-order valence-corrected chi connectivity index (χ0v) is 18.4. The number of methoxy groups -OCH3 is 3. The molecule has 0 spiro atoms. The second kappa shape index (κ2) is 10.7. The third kappa shape index (κ3) is 5.89. The van der Waals surface area contributed by atoms with E-state index in [-0.39, 0.29) is 5.97 Å². The number of rotatable bonds is 9. The van der Waals surface area contributed by atoms with Crippen molar-refractivity contribution in [1.29, 1.82) is 0 Å². The molecule has 162 valence electrons. The minimum Gasteiger partial charge on any atom is -0.497 e. The van der Waals surface area contributed by atoms with Crippen LogP contribution in [-0.2, 0) is 24.2 Å². The third-order valence-electron chi connectivity index (χ3n) is 4.75. The van der Waals surface area contributed by atoms with Crippen LogP contribution >= 0.6 is 11.6 Å². The van der Waals surface area contributed by atoms with Crippen LogP contribution in [0.3, 0.4) is 0 Å². The number of esters is 1. The number of aryl methyl sites for hydroxylation is 2. The van der Waals surface area contributed by atoms with Crippen LogP contribution in [-0.4, -0.2) is 32.3 Å². The van der Waals surface area contributed by atoms with Crippen LogP contribution in [0.2, 0.25) is 5.02 Å². The van der Waals surface area contributed by atoms with Gasteiger partial charge in [-0.25, -0.2) is 4.79 Å². The minimum atomic E-state index is -0.354. The number of halogens is 1. The van der Waals surface area contributed by atoms with Gasteiger partial charge < -0.3 is 18.9 Å². The minimum absolute atomic E-state index is 0.291. The molecule has 2 aromatic carbocycles. The van der Waals surface area contributed by atoms with Crippen molar-refractivity contribution in [2.45, 2.75) is 19.4 Å². The van der Waals surface area contributed by atoms with E-state index in [4.69, 9.17) is 30.5 Å². The van der Waals surface area contributed by atoms with Crippen molar-refractivity contribution >= 4 is 17.6 Å². The SMILES string of the molecule is COC(=O)c1ccc(CCc2nccc(Cl)c2OCc2cc(OC)cc(OC)c2)cc1. The molecule has 31 heavy (non-hydrogen) atoms. The molecule has 0 amide bonds. The molecule has 7 heteroatoms. The Morgan fingerprint density at radius 3 is 2.19 bits per heavy atom. The van der Waals surface area contributed by atoms with Gasteiger partial charge in [-0.2, -0.15) is 0 Å². The summed E-state index contributed by atoms with van der Waals surface area (Å²) in [5, 5.41) is 0.501. The maximum absolute atomic E-state index is 11.6. The first-order valence-corrected chi connectivity index (χ1v) is 10.1. The quantitative estimate of drug-likeness (QED) is 0.440. The smallest absolute Gasteiger partial charge is 0.337 e. The Bertz CT molecular complexity index is 1010.